The highest BCUT2D eigenvalue weighted by atomic mass is 14.8. The van der Waals surface area contributed by atoms with Crippen molar-refractivity contribution in [2.24, 2.45) is 0 Å². The van der Waals surface area contributed by atoms with Crippen LogP contribution in [0.1, 0.15) is 22.8 Å². The zero-order valence-electron chi connectivity index (χ0n) is 26.2. The first-order valence-corrected chi connectivity index (χ1v) is 15.2. The number of hydrogen-bond acceptors (Lipinski definition) is 6. The summed E-state index contributed by atoms with van der Waals surface area (Å²) in [5, 5.41) is 0. The average Bonchev–Trinajstić information content (AvgIpc) is 4.00. The second-order valence-corrected chi connectivity index (χ2v) is 10.0. The Labute approximate surface area is 279 Å². The van der Waals surface area contributed by atoms with Crippen molar-refractivity contribution in [1.82, 2.24) is 39.9 Å². The smallest absolute Gasteiger partial charge is 0.0658 e. The molecule has 8 nitrogen and oxygen atoms in total. The van der Waals surface area contributed by atoms with Crippen molar-refractivity contribution in [2.45, 2.75) is 0 Å². The first kappa shape index (κ1) is 32.6. The van der Waals surface area contributed by atoms with Gasteiger partial charge in [0.2, 0.25) is 0 Å². The third kappa shape index (κ3) is 11.9. The molecular formula is C40H34N8. The Morgan fingerprint density at radius 3 is 0.688 bits per heavy atom. The molecule has 0 saturated carbocycles. The molecule has 8 heteroatoms. The predicted molar refractivity (Wildman–Crippen MR) is 196 cm³/mol. The maximum atomic E-state index is 4.63. The van der Waals surface area contributed by atoms with Gasteiger partial charge >= 0.3 is 0 Å². The number of aromatic amines is 2. The van der Waals surface area contributed by atoms with E-state index in [1.165, 1.54) is 0 Å². The largest absolute Gasteiger partial charge is 0.355 e. The van der Waals surface area contributed by atoms with Gasteiger partial charge in [-0.1, -0.05) is 24.3 Å². The van der Waals surface area contributed by atoms with E-state index in [2.05, 4.69) is 64.1 Å². The van der Waals surface area contributed by atoms with Crippen molar-refractivity contribution in [3.8, 4) is 0 Å². The molecule has 9 heterocycles. The lowest BCUT2D eigenvalue weighted by molar-refractivity contribution is 1.31. The Morgan fingerprint density at radius 2 is 0.521 bits per heavy atom. The van der Waals surface area contributed by atoms with Crippen molar-refractivity contribution >= 4 is 46.4 Å². The van der Waals surface area contributed by atoms with Crippen LogP contribution < -0.4 is 0 Å². The molecule has 0 aromatic carbocycles. The van der Waals surface area contributed by atoms with Gasteiger partial charge in [-0.15, -0.1) is 0 Å². The third-order valence-corrected chi connectivity index (χ3v) is 6.31. The number of nitrogens with zero attached hydrogens (tertiary/aromatic N) is 6. The summed E-state index contributed by atoms with van der Waals surface area (Å²) in [5.41, 5.74) is 7.86. The van der Waals surface area contributed by atoms with Crippen LogP contribution in [0.3, 0.4) is 0 Å². The molecule has 0 amide bonds. The van der Waals surface area contributed by atoms with Gasteiger partial charge < -0.3 is 9.97 Å². The summed E-state index contributed by atoms with van der Waals surface area (Å²) in [4.78, 5) is 31.2. The van der Waals surface area contributed by atoms with Gasteiger partial charge in [-0.25, -0.2) is 9.97 Å². The zero-order chi connectivity index (χ0) is 32.9. The van der Waals surface area contributed by atoms with Crippen LogP contribution in [0.4, 0.5) is 0 Å². The highest BCUT2D eigenvalue weighted by Gasteiger charge is 2.01. The molecule has 0 radical (unpaired) electrons. The van der Waals surface area contributed by atoms with E-state index >= 15 is 0 Å². The third-order valence-electron chi connectivity index (χ3n) is 6.31. The number of fused-ring (bicyclic) bond motifs is 8. The molecule has 0 saturated heterocycles. The first-order chi connectivity index (χ1) is 23.8. The van der Waals surface area contributed by atoms with Crippen molar-refractivity contribution in [1.29, 1.82) is 0 Å². The van der Waals surface area contributed by atoms with E-state index in [-0.39, 0.29) is 0 Å². The summed E-state index contributed by atoms with van der Waals surface area (Å²) in [6, 6.07) is 39.2. The average molecular weight is 627 g/mol. The van der Waals surface area contributed by atoms with Crippen molar-refractivity contribution < 1.29 is 0 Å². The number of rotatable bonds is 0. The molecule has 9 rings (SSSR count). The van der Waals surface area contributed by atoms with E-state index in [4.69, 9.17) is 0 Å². The van der Waals surface area contributed by atoms with E-state index < -0.39 is 0 Å². The van der Waals surface area contributed by atoms with Gasteiger partial charge in [-0.2, -0.15) is 0 Å². The summed E-state index contributed by atoms with van der Waals surface area (Å²) in [5.74, 6) is 0. The highest BCUT2D eigenvalue weighted by Crippen LogP contribution is 2.17. The second-order valence-electron chi connectivity index (χ2n) is 10.0. The van der Waals surface area contributed by atoms with E-state index in [0.29, 0.717) is 0 Å². The van der Waals surface area contributed by atoms with Crippen LogP contribution in [0.25, 0.3) is 46.4 Å². The molecule has 2 aliphatic heterocycles. The lowest BCUT2D eigenvalue weighted by Gasteiger charge is -1.85. The number of hydrogen-bond donors (Lipinski definition) is 2. The summed E-state index contributed by atoms with van der Waals surface area (Å²) < 4.78 is 0. The molecule has 0 unspecified atom stereocenters. The SMILES string of the molecule is C1=Cc2cc3ccc(cc4nc(cc5ccc(cc1n2)[nH]5)C=C4)[nH]3.c1ccncc1.c1ccncc1.c1ccncc1.c1ccncc1. The Balaban J connectivity index is 0.000000151. The van der Waals surface area contributed by atoms with Crippen LogP contribution in [-0.4, -0.2) is 39.9 Å². The fraction of sp³-hybridized carbons (Fsp3) is 0. The topological polar surface area (TPSA) is 109 Å². The first-order valence-electron chi connectivity index (χ1n) is 15.2. The fourth-order valence-corrected chi connectivity index (χ4v) is 4.19. The van der Waals surface area contributed by atoms with Gasteiger partial charge in [-0.05, 0) is 121 Å². The van der Waals surface area contributed by atoms with Gasteiger partial charge in [0.05, 0.1) is 22.8 Å². The molecule has 0 aliphatic carbocycles. The number of nitrogens with one attached hydrogen (secondary N) is 2. The standard InChI is InChI=1S/C20H14N4.4C5H5N/c1-2-14-10-16-5-6-18(23-16)12-20-8-7-19(24-20)11-17-4-3-15(22-17)9-13(1)21-14;4*1-2-4-6-5-3-1/h1-12,21,24H;4*1-5H. The fourth-order valence-electron chi connectivity index (χ4n) is 4.19. The van der Waals surface area contributed by atoms with Crippen LogP contribution in [0, 0.1) is 0 Å². The lowest BCUT2D eigenvalue weighted by atomic mass is 10.3. The van der Waals surface area contributed by atoms with E-state index in [0.717, 1.165) is 44.8 Å². The molecule has 7 aromatic heterocycles. The van der Waals surface area contributed by atoms with Gasteiger partial charge in [0.1, 0.15) is 0 Å². The molecule has 7 aromatic rings. The minimum atomic E-state index is 0.939. The maximum Gasteiger partial charge on any atom is 0.0658 e. The Morgan fingerprint density at radius 1 is 0.292 bits per heavy atom. The minimum Gasteiger partial charge on any atom is -0.355 e. The molecular weight excluding hydrogens is 592 g/mol. The number of H-pyrrole nitrogens is 2. The normalized spacial score (nSPS) is 10.3. The number of aromatic nitrogens is 8. The molecule has 0 fully saturated rings. The highest BCUT2D eigenvalue weighted by molar-refractivity contribution is 5.77. The number of pyridine rings is 4. The van der Waals surface area contributed by atoms with E-state index in [9.17, 15) is 0 Å². The summed E-state index contributed by atoms with van der Waals surface area (Å²) >= 11 is 0. The van der Waals surface area contributed by atoms with Crippen LogP contribution in [0.15, 0.2) is 171 Å². The van der Waals surface area contributed by atoms with E-state index in [1.807, 2.05) is 121 Å². The summed E-state index contributed by atoms with van der Waals surface area (Å²) in [6.45, 7) is 0. The van der Waals surface area contributed by atoms with Crippen LogP contribution >= 0.6 is 0 Å². The predicted octanol–water partition coefficient (Wildman–Crippen LogP) is 8.98. The summed E-state index contributed by atoms with van der Waals surface area (Å²) in [6.07, 6.45) is 22.1. The molecule has 234 valence electrons. The molecule has 48 heavy (non-hydrogen) atoms. The van der Waals surface area contributed by atoms with Crippen molar-refractivity contribution in [2.75, 3.05) is 0 Å². The van der Waals surface area contributed by atoms with Gasteiger partial charge in [0.25, 0.3) is 0 Å². The van der Waals surface area contributed by atoms with Crippen LogP contribution in [-0.2, 0) is 0 Å². The van der Waals surface area contributed by atoms with Gasteiger partial charge in [0, 0.05) is 71.6 Å². The molecule has 2 N–H and O–H groups in total. The maximum absolute atomic E-state index is 4.63. The monoisotopic (exact) mass is 626 g/mol. The van der Waals surface area contributed by atoms with Crippen molar-refractivity contribution in [3.63, 3.8) is 0 Å². The zero-order valence-corrected chi connectivity index (χ0v) is 26.2. The molecule has 0 spiro atoms. The van der Waals surface area contributed by atoms with Crippen LogP contribution in [0.2, 0.25) is 0 Å². The minimum absolute atomic E-state index is 0.939. The molecule has 2 aliphatic rings. The van der Waals surface area contributed by atoms with Gasteiger partial charge in [0.15, 0.2) is 0 Å². The van der Waals surface area contributed by atoms with Gasteiger partial charge in [-0.3, -0.25) is 19.9 Å². The lowest BCUT2D eigenvalue weighted by Crippen LogP contribution is -1.75. The Kier molecular flexibility index (Phi) is 12.8. The Hall–Kier alpha value is -6.80. The van der Waals surface area contributed by atoms with Crippen LogP contribution in [0.5, 0.6) is 0 Å². The molecule has 8 bridgehead atoms. The second kappa shape index (κ2) is 18.9. The van der Waals surface area contributed by atoms with Crippen molar-refractivity contribution in [3.05, 3.63) is 194 Å². The quantitative estimate of drug-likeness (QED) is 0.174. The van der Waals surface area contributed by atoms with E-state index in [1.54, 1.807) is 49.6 Å². The Bertz CT molecular complexity index is 1720. The molecule has 0 atom stereocenters. The summed E-state index contributed by atoms with van der Waals surface area (Å²) in [7, 11) is 0.